The summed E-state index contributed by atoms with van der Waals surface area (Å²) in [6.07, 6.45) is 2.63. The largest absolute Gasteiger partial charge is 0.297 e. The molecule has 0 N–H and O–H groups in total. The van der Waals surface area contributed by atoms with E-state index in [-0.39, 0.29) is 0 Å². The van der Waals surface area contributed by atoms with E-state index in [1.807, 2.05) is 5.01 Å². The molecule has 1 unspecified atom stereocenters. The molecule has 0 bridgehead atoms. The van der Waals surface area contributed by atoms with E-state index in [1.54, 1.807) is 0 Å². The second kappa shape index (κ2) is 2.85. The molecule has 1 saturated heterocycles. The molecule has 0 aliphatic carbocycles. The summed E-state index contributed by atoms with van der Waals surface area (Å²) in [7, 11) is 0. The van der Waals surface area contributed by atoms with Crippen LogP contribution in [0.2, 0.25) is 0 Å². The van der Waals surface area contributed by atoms with Gasteiger partial charge in [0.05, 0.1) is 0 Å². The van der Waals surface area contributed by atoms with Gasteiger partial charge in [-0.15, -0.1) is 0 Å². The van der Waals surface area contributed by atoms with E-state index in [1.165, 1.54) is 12.8 Å². The molecule has 0 saturated carbocycles. The van der Waals surface area contributed by atoms with Crippen molar-refractivity contribution in [2.24, 2.45) is 11.0 Å². The van der Waals surface area contributed by atoms with Crippen molar-refractivity contribution in [1.29, 1.82) is 0 Å². The highest BCUT2D eigenvalue weighted by molar-refractivity contribution is 5.22. The fourth-order valence-corrected chi connectivity index (χ4v) is 1.29. The number of hydrogen-bond acceptors (Lipinski definition) is 2. The van der Waals surface area contributed by atoms with Crippen molar-refractivity contribution in [2.45, 2.75) is 19.8 Å². The standard InChI is InChI=1S/C7H14N2/c1-7-4-3-5-9(6-7)8-2/h7H,2-6H2,1H3. The fraction of sp³-hybridized carbons (Fsp3) is 0.857. The lowest BCUT2D eigenvalue weighted by molar-refractivity contribution is 0.193. The smallest absolute Gasteiger partial charge is 0.0385 e. The first-order valence-corrected chi connectivity index (χ1v) is 3.54. The summed E-state index contributed by atoms with van der Waals surface area (Å²) in [6, 6.07) is 0. The monoisotopic (exact) mass is 126 g/mol. The fourth-order valence-electron chi connectivity index (χ4n) is 1.29. The van der Waals surface area contributed by atoms with Gasteiger partial charge in [-0.3, -0.25) is 5.01 Å². The predicted molar refractivity (Wildman–Crippen MR) is 39.5 cm³/mol. The average Bonchev–Trinajstić information content (AvgIpc) is 1.88. The van der Waals surface area contributed by atoms with E-state index in [0.717, 1.165) is 19.0 Å². The molecule has 0 spiro atoms. The van der Waals surface area contributed by atoms with Crippen molar-refractivity contribution in [3.05, 3.63) is 0 Å². The molecule has 0 radical (unpaired) electrons. The lowest BCUT2D eigenvalue weighted by atomic mass is 10.0. The minimum atomic E-state index is 0.809. The van der Waals surface area contributed by atoms with Crippen LogP contribution in [0.4, 0.5) is 0 Å². The molecular weight excluding hydrogens is 112 g/mol. The van der Waals surface area contributed by atoms with E-state index in [2.05, 4.69) is 18.7 Å². The third-order valence-corrected chi connectivity index (χ3v) is 1.84. The van der Waals surface area contributed by atoms with Crippen LogP contribution in [0.5, 0.6) is 0 Å². The SMILES string of the molecule is C=NN1CCCC(C)C1. The molecule has 1 fully saturated rings. The molecule has 0 amide bonds. The Bertz CT molecular complexity index is 101. The summed E-state index contributed by atoms with van der Waals surface area (Å²) in [4.78, 5) is 0. The van der Waals surface area contributed by atoms with Gasteiger partial charge in [-0.05, 0) is 18.8 Å². The second-order valence-electron chi connectivity index (χ2n) is 2.80. The number of rotatable bonds is 1. The zero-order chi connectivity index (χ0) is 6.69. The predicted octanol–water partition coefficient (Wildman–Crippen LogP) is 1.33. The Kier molecular flexibility index (Phi) is 2.09. The number of hydrogen-bond donors (Lipinski definition) is 0. The number of hydrazone groups is 1. The van der Waals surface area contributed by atoms with Crippen LogP contribution in [-0.2, 0) is 0 Å². The van der Waals surface area contributed by atoms with Crippen LogP contribution in [-0.4, -0.2) is 24.8 Å². The molecule has 1 rings (SSSR count). The lowest BCUT2D eigenvalue weighted by Crippen LogP contribution is -2.29. The molecule has 1 aliphatic heterocycles. The highest BCUT2D eigenvalue weighted by Crippen LogP contribution is 2.14. The van der Waals surface area contributed by atoms with Gasteiger partial charge in [0.1, 0.15) is 0 Å². The van der Waals surface area contributed by atoms with Crippen molar-refractivity contribution in [1.82, 2.24) is 5.01 Å². The first-order chi connectivity index (χ1) is 4.33. The molecule has 1 atom stereocenters. The third-order valence-electron chi connectivity index (χ3n) is 1.84. The molecule has 0 aromatic heterocycles. The van der Waals surface area contributed by atoms with Crippen molar-refractivity contribution in [3.63, 3.8) is 0 Å². The van der Waals surface area contributed by atoms with E-state index >= 15 is 0 Å². The van der Waals surface area contributed by atoms with Gasteiger partial charge in [0.2, 0.25) is 0 Å². The van der Waals surface area contributed by atoms with Crippen molar-refractivity contribution < 1.29 is 0 Å². The van der Waals surface area contributed by atoms with Gasteiger partial charge in [-0.25, -0.2) is 0 Å². The maximum Gasteiger partial charge on any atom is 0.0385 e. The third kappa shape index (κ3) is 1.70. The van der Waals surface area contributed by atoms with E-state index < -0.39 is 0 Å². The Morgan fingerprint density at radius 1 is 1.67 bits per heavy atom. The molecule has 2 nitrogen and oxygen atoms in total. The lowest BCUT2D eigenvalue weighted by Gasteiger charge is -2.27. The Hall–Kier alpha value is -0.530. The normalized spacial score (nSPS) is 28.1. The molecule has 1 heterocycles. The van der Waals surface area contributed by atoms with E-state index in [4.69, 9.17) is 0 Å². The molecule has 0 aromatic rings. The van der Waals surface area contributed by atoms with Crippen LogP contribution >= 0.6 is 0 Å². The molecule has 9 heavy (non-hydrogen) atoms. The van der Waals surface area contributed by atoms with Crippen molar-refractivity contribution in [2.75, 3.05) is 13.1 Å². The summed E-state index contributed by atoms with van der Waals surface area (Å²) in [5.41, 5.74) is 0. The Morgan fingerprint density at radius 3 is 2.89 bits per heavy atom. The van der Waals surface area contributed by atoms with E-state index in [9.17, 15) is 0 Å². The van der Waals surface area contributed by atoms with Crippen LogP contribution in [0.25, 0.3) is 0 Å². The summed E-state index contributed by atoms with van der Waals surface area (Å²) in [5, 5.41) is 5.93. The van der Waals surface area contributed by atoms with Crippen molar-refractivity contribution in [3.8, 4) is 0 Å². The van der Waals surface area contributed by atoms with Gasteiger partial charge in [0.15, 0.2) is 0 Å². The van der Waals surface area contributed by atoms with Gasteiger partial charge < -0.3 is 0 Å². The van der Waals surface area contributed by atoms with Crippen LogP contribution < -0.4 is 0 Å². The summed E-state index contributed by atoms with van der Waals surface area (Å²) in [5.74, 6) is 0.809. The van der Waals surface area contributed by atoms with Gasteiger partial charge in [-0.1, -0.05) is 6.92 Å². The van der Waals surface area contributed by atoms with Gasteiger partial charge in [-0.2, -0.15) is 5.10 Å². The van der Waals surface area contributed by atoms with Crippen LogP contribution in [0.1, 0.15) is 19.8 Å². The molecular formula is C7H14N2. The first-order valence-electron chi connectivity index (χ1n) is 3.54. The second-order valence-corrected chi connectivity index (χ2v) is 2.80. The van der Waals surface area contributed by atoms with Gasteiger partial charge >= 0.3 is 0 Å². The van der Waals surface area contributed by atoms with Gasteiger partial charge in [0, 0.05) is 19.8 Å². The average molecular weight is 126 g/mol. The zero-order valence-electron chi connectivity index (χ0n) is 6.01. The molecule has 2 heteroatoms. The summed E-state index contributed by atoms with van der Waals surface area (Å²) in [6.45, 7) is 7.96. The maximum atomic E-state index is 3.88. The Balaban J connectivity index is 2.31. The Morgan fingerprint density at radius 2 is 2.44 bits per heavy atom. The van der Waals surface area contributed by atoms with E-state index in [0.29, 0.717) is 0 Å². The van der Waals surface area contributed by atoms with Gasteiger partial charge in [0.25, 0.3) is 0 Å². The number of piperidine rings is 1. The highest BCUT2D eigenvalue weighted by atomic mass is 15.4. The minimum Gasteiger partial charge on any atom is -0.297 e. The summed E-state index contributed by atoms with van der Waals surface area (Å²) < 4.78 is 0. The maximum absolute atomic E-state index is 3.88. The van der Waals surface area contributed by atoms with Crippen LogP contribution in [0.15, 0.2) is 5.10 Å². The van der Waals surface area contributed by atoms with Crippen molar-refractivity contribution >= 4 is 6.72 Å². The first kappa shape index (κ1) is 6.59. The highest BCUT2D eigenvalue weighted by Gasteiger charge is 2.12. The quantitative estimate of drug-likeness (QED) is 0.484. The van der Waals surface area contributed by atoms with Crippen LogP contribution in [0.3, 0.4) is 0 Å². The zero-order valence-corrected chi connectivity index (χ0v) is 6.01. The summed E-state index contributed by atoms with van der Waals surface area (Å²) >= 11 is 0. The topological polar surface area (TPSA) is 15.6 Å². The van der Waals surface area contributed by atoms with Crippen LogP contribution in [0, 0.1) is 5.92 Å². The molecule has 1 aliphatic rings. The molecule has 52 valence electrons. The molecule has 0 aromatic carbocycles. The Labute approximate surface area is 56.5 Å². The minimum absolute atomic E-state index is 0.809. The number of nitrogens with zero attached hydrogens (tertiary/aromatic N) is 2.